The van der Waals surface area contributed by atoms with Gasteiger partial charge in [-0.3, -0.25) is 14.4 Å². The van der Waals surface area contributed by atoms with Crippen molar-refractivity contribution < 1.29 is 22.8 Å². The van der Waals surface area contributed by atoms with E-state index >= 15 is 0 Å². The molecule has 43 heavy (non-hydrogen) atoms. The van der Waals surface area contributed by atoms with Crippen LogP contribution in [0.25, 0.3) is 11.1 Å². The van der Waals surface area contributed by atoms with E-state index in [1.54, 1.807) is 41.3 Å². The van der Waals surface area contributed by atoms with E-state index in [4.69, 9.17) is 11.6 Å². The Bertz CT molecular complexity index is 1520. The van der Waals surface area contributed by atoms with Gasteiger partial charge >= 0.3 is 0 Å². The predicted molar refractivity (Wildman–Crippen MR) is 173 cm³/mol. The zero-order chi connectivity index (χ0) is 31.4. The van der Waals surface area contributed by atoms with Crippen molar-refractivity contribution in [2.24, 2.45) is 5.92 Å². The van der Waals surface area contributed by atoms with Crippen LogP contribution >= 0.6 is 24.2 Å². The standard InChI is InChI=1S/C32H38ClN3O5S2/c1-3-4-14-31(38)36(18-17-34-32(39)26(22-42)19-24-10-6-5-7-11-24)21-25-15-16-27(29(33)20-25)28-12-8-9-13-30(28)43(40,41)35-23(2)37/h5-13,15-16,20,26,42H,3-4,14,17-19,21-22H2,1-2H3,(H,34,39)(H,35,37)/t26-/m1/s1. The number of carbonyl (C=O) groups excluding carboxylic acids is 3. The Morgan fingerprint density at radius 3 is 2.30 bits per heavy atom. The molecule has 0 aliphatic heterocycles. The summed E-state index contributed by atoms with van der Waals surface area (Å²) in [5, 5.41) is 3.26. The molecule has 11 heteroatoms. The van der Waals surface area contributed by atoms with Gasteiger partial charge in [0.15, 0.2) is 0 Å². The molecule has 0 aromatic heterocycles. The minimum absolute atomic E-state index is 0.0296. The summed E-state index contributed by atoms with van der Waals surface area (Å²) in [5.74, 6) is -0.727. The number of sulfonamides is 1. The lowest BCUT2D eigenvalue weighted by atomic mass is 10.0. The fourth-order valence-corrected chi connectivity index (χ4v) is 6.45. The van der Waals surface area contributed by atoms with Gasteiger partial charge in [-0.2, -0.15) is 12.6 Å². The molecule has 0 fully saturated rings. The third kappa shape index (κ3) is 10.1. The number of amides is 3. The molecular weight excluding hydrogens is 606 g/mol. The minimum atomic E-state index is -4.10. The third-order valence-electron chi connectivity index (χ3n) is 6.85. The van der Waals surface area contributed by atoms with Crippen molar-refractivity contribution in [3.8, 4) is 11.1 Å². The fraction of sp³-hybridized carbons (Fsp3) is 0.344. The van der Waals surface area contributed by atoms with Gasteiger partial charge in [0.2, 0.25) is 17.7 Å². The average molecular weight is 644 g/mol. The van der Waals surface area contributed by atoms with E-state index in [9.17, 15) is 22.8 Å². The highest BCUT2D eigenvalue weighted by Crippen LogP contribution is 2.33. The van der Waals surface area contributed by atoms with E-state index in [1.807, 2.05) is 42.0 Å². The molecular formula is C32H38ClN3O5S2. The Morgan fingerprint density at radius 2 is 1.65 bits per heavy atom. The number of nitrogens with one attached hydrogen (secondary N) is 2. The molecule has 0 aliphatic carbocycles. The lowest BCUT2D eigenvalue weighted by molar-refractivity contribution is -0.132. The topological polar surface area (TPSA) is 113 Å². The lowest BCUT2D eigenvalue weighted by Gasteiger charge is -2.24. The summed E-state index contributed by atoms with van der Waals surface area (Å²) in [4.78, 5) is 39.1. The van der Waals surface area contributed by atoms with Gasteiger partial charge in [-0.05, 0) is 36.1 Å². The number of carbonyl (C=O) groups is 3. The molecule has 0 aliphatic rings. The van der Waals surface area contributed by atoms with Crippen molar-refractivity contribution in [2.45, 2.75) is 51.0 Å². The molecule has 2 N–H and O–H groups in total. The minimum Gasteiger partial charge on any atom is -0.354 e. The van der Waals surface area contributed by atoms with E-state index < -0.39 is 15.9 Å². The maximum atomic E-state index is 13.1. The summed E-state index contributed by atoms with van der Waals surface area (Å²) >= 11 is 11.0. The predicted octanol–water partition coefficient (Wildman–Crippen LogP) is 5.26. The highest BCUT2D eigenvalue weighted by Gasteiger charge is 2.22. The Morgan fingerprint density at radius 1 is 0.953 bits per heavy atom. The molecule has 0 bridgehead atoms. The molecule has 230 valence electrons. The van der Waals surface area contributed by atoms with Crippen LogP contribution in [0.15, 0.2) is 77.7 Å². The smallest absolute Gasteiger partial charge is 0.264 e. The SMILES string of the molecule is CCCCC(=O)N(CCNC(=O)[C@@H](CS)Cc1ccccc1)Cc1ccc(-c2ccccc2S(=O)(=O)NC(C)=O)c(Cl)c1. The fourth-order valence-electron chi connectivity index (χ4n) is 4.64. The number of benzene rings is 3. The molecule has 0 spiro atoms. The second kappa shape index (κ2) is 16.5. The van der Waals surface area contributed by atoms with Gasteiger partial charge in [-0.15, -0.1) is 0 Å². The van der Waals surface area contributed by atoms with Gasteiger partial charge in [0.1, 0.15) is 0 Å². The number of rotatable bonds is 15. The van der Waals surface area contributed by atoms with E-state index in [0.717, 1.165) is 30.9 Å². The van der Waals surface area contributed by atoms with Crippen molar-refractivity contribution >= 4 is 52.0 Å². The molecule has 0 heterocycles. The normalized spacial score (nSPS) is 11.9. The molecule has 3 amide bonds. The summed E-state index contributed by atoms with van der Waals surface area (Å²) < 4.78 is 27.5. The number of halogens is 1. The Kier molecular flexibility index (Phi) is 13.1. The highest BCUT2D eigenvalue weighted by molar-refractivity contribution is 7.90. The van der Waals surface area contributed by atoms with Crippen LogP contribution < -0.4 is 10.0 Å². The largest absolute Gasteiger partial charge is 0.354 e. The zero-order valence-electron chi connectivity index (χ0n) is 24.4. The van der Waals surface area contributed by atoms with Crippen molar-refractivity contribution in [1.29, 1.82) is 0 Å². The van der Waals surface area contributed by atoms with Crippen LogP contribution in [0.5, 0.6) is 0 Å². The summed E-state index contributed by atoms with van der Waals surface area (Å²) in [6.45, 7) is 4.02. The van der Waals surface area contributed by atoms with Gasteiger partial charge in [0, 0.05) is 54.9 Å². The van der Waals surface area contributed by atoms with Crippen LogP contribution in [0.1, 0.15) is 44.2 Å². The van der Waals surface area contributed by atoms with Crippen LogP contribution in [0.3, 0.4) is 0 Å². The summed E-state index contributed by atoms with van der Waals surface area (Å²) in [5.41, 5.74) is 2.64. The zero-order valence-corrected chi connectivity index (χ0v) is 26.9. The van der Waals surface area contributed by atoms with Crippen LogP contribution in [-0.4, -0.2) is 49.9 Å². The number of hydrogen-bond donors (Lipinski definition) is 3. The lowest BCUT2D eigenvalue weighted by Crippen LogP contribution is -2.40. The molecule has 0 radical (unpaired) electrons. The summed E-state index contributed by atoms with van der Waals surface area (Å²) in [6.07, 6.45) is 2.59. The molecule has 0 saturated carbocycles. The molecule has 3 rings (SSSR count). The van der Waals surface area contributed by atoms with E-state index in [1.165, 1.54) is 6.07 Å². The molecule has 8 nitrogen and oxygen atoms in total. The number of thiol groups is 1. The second-order valence-electron chi connectivity index (χ2n) is 10.3. The maximum Gasteiger partial charge on any atom is 0.264 e. The number of nitrogens with zero attached hydrogens (tertiary/aromatic N) is 1. The molecule has 0 saturated heterocycles. The first kappa shape index (κ1) is 34.2. The van der Waals surface area contributed by atoms with Crippen LogP contribution in [0.2, 0.25) is 5.02 Å². The molecule has 3 aromatic rings. The Hall–Kier alpha value is -3.34. The van der Waals surface area contributed by atoms with Crippen molar-refractivity contribution in [3.63, 3.8) is 0 Å². The first-order valence-electron chi connectivity index (χ1n) is 14.2. The number of hydrogen-bond acceptors (Lipinski definition) is 6. The van der Waals surface area contributed by atoms with Crippen molar-refractivity contribution in [1.82, 2.24) is 14.9 Å². The van der Waals surface area contributed by atoms with Gasteiger partial charge < -0.3 is 10.2 Å². The number of unbranched alkanes of at least 4 members (excludes halogenated alkanes) is 1. The van der Waals surface area contributed by atoms with Gasteiger partial charge in [-0.25, -0.2) is 13.1 Å². The van der Waals surface area contributed by atoms with E-state index in [-0.39, 0.29) is 35.7 Å². The van der Waals surface area contributed by atoms with Gasteiger partial charge in [0.25, 0.3) is 10.0 Å². The second-order valence-corrected chi connectivity index (χ2v) is 12.7. The van der Waals surface area contributed by atoms with Crippen molar-refractivity contribution in [2.75, 3.05) is 18.8 Å². The summed E-state index contributed by atoms with van der Waals surface area (Å²) in [7, 11) is -4.10. The van der Waals surface area contributed by atoms with E-state index in [0.29, 0.717) is 41.3 Å². The maximum absolute atomic E-state index is 13.1. The molecule has 1 atom stereocenters. The monoisotopic (exact) mass is 643 g/mol. The van der Waals surface area contributed by atoms with Crippen LogP contribution in [0, 0.1) is 5.92 Å². The van der Waals surface area contributed by atoms with E-state index in [2.05, 4.69) is 17.9 Å². The molecule has 0 unspecified atom stereocenters. The van der Waals surface area contributed by atoms with Gasteiger partial charge in [0.05, 0.1) is 10.8 Å². The first-order chi connectivity index (χ1) is 20.6. The van der Waals surface area contributed by atoms with Crippen molar-refractivity contribution in [3.05, 3.63) is 88.9 Å². The Balaban J connectivity index is 1.74. The van der Waals surface area contributed by atoms with Crippen LogP contribution in [-0.2, 0) is 37.4 Å². The van der Waals surface area contributed by atoms with Gasteiger partial charge in [-0.1, -0.05) is 85.6 Å². The third-order valence-corrected chi connectivity index (χ3v) is 9.09. The average Bonchev–Trinajstić information content (AvgIpc) is 2.98. The highest BCUT2D eigenvalue weighted by atomic mass is 35.5. The summed E-state index contributed by atoms with van der Waals surface area (Å²) in [6, 6.07) is 21.3. The van der Waals surface area contributed by atoms with Crippen LogP contribution in [0.4, 0.5) is 0 Å². The first-order valence-corrected chi connectivity index (χ1v) is 16.7. The molecule has 3 aromatic carbocycles. The quantitative estimate of drug-likeness (QED) is 0.196. The Labute approximate surface area is 264 Å².